The van der Waals surface area contributed by atoms with Crippen LogP contribution in [-0.2, 0) is 6.42 Å². The van der Waals surface area contributed by atoms with Gasteiger partial charge in [0.15, 0.2) is 11.6 Å². The Balaban J connectivity index is 1.71. The lowest BCUT2D eigenvalue weighted by molar-refractivity contribution is 0.0932. The highest BCUT2D eigenvalue weighted by atomic mass is 16.1. The monoisotopic (exact) mass is 350 g/mol. The van der Waals surface area contributed by atoms with Gasteiger partial charge in [-0.2, -0.15) is 0 Å². The summed E-state index contributed by atoms with van der Waals surface area (Å²) < 4.78 is 0. The van der Waals surface area contributed by atoms with E-state index in [2.05, 4.69) is 40.2 Å². The van der Waals surface area contributed by atoms with E-state index in [0.29, 0.717) is 24.2 Å². The number of aromatic nitrogens is 1. The van der Waals surface area contributed by atoms with Crippen LogP contribution in [0, 0.1) is 6.92 Å². The number of aromatic amines is 1. The van der Waals surface area contributed by atoms with Crippen molar-refractivity contribution in [1.82, 2.24) is 9.88 Å². The number of hydrogen-bond acceptors (Lipinski definition) is 3. The Morgan fingerprint density at radius 1 is 1.19 bits per heavy atom. The molecule has 0 spiro atoms. The molecule has 0 saturated carbocycles. The topological polar surface area (TPSA) is 53.2 Å². The molecule has 2 heterocycles. The number of ketones is 2. The van der Waals surface area contributed by atoms with E-state index >= 15 is 0 Å². The summed E-state index contributed by atoms with van der Waals surface area (Å²) >= 11 is 0. The van der Waals surface area contributed by atoms with Gasteiger partial charge in [-0.05, 0) is 43.4 Å². The summed E-state index contributed by atoms with van der Waals surface area (Å²) in [5.74, 6) is 0.0806. The van der Waals surface area contributed by atoms with Gasteiger partial charge in [-0.1, -0.05) is 43.3 Å². The number of benzene rings is 1. The van der Waals surface area contributed by atoms with Crippen molar-refractivity contribution in [2.75, 3.05) is 19.6 Å². The molecule has 0 aliphatic carbocycles. The van der Waals surface area contributed by atoms with E-state index < -0.39 is 0 Å². The molecule has 1 aliphatic heterocycles. The molecule has 0 atom stereocenters. The average Bonchev–Trinajstić information content (AvgIpc) is 3.00. The van der Waals surface area contributed by atoms with Crippen molar-refractivity contribution in [3.63, 3.8) is 0 Å². The van der Waals surface area contributed by atoms with Crippen LogP contribution in [0.5, 0.6) is 0 Å². The van der Waals surface area contributed by atoms with Gasteiger partial charge in [0, 0.05) is 24.3 Å². The van der Waals surface area contributed by atoms with E-state index in [-0.39, 0.29) is 11.6 Å². The summed E-state index contributed by atoms with van der Waals surface area (Å²) in [6.45, 7) is 7.43. The number of nitrogens with zero attached hydrogens (tertiary/aromatic N) is 1. The number of rotatable bonds is 6. The zero-order valence-corrected chi connectivity index (χ0v) is 15.8. The minimum Gasteiger partial charge on any atom is -0.355 e. The lowest BCUT2D eigenvalue weighted by Gasteiger charge is -2.25. The molecule has 2 aromatic rings. The predicted octanol–water partition coefficient (Wildman–Crippen LogP) is 4.06. The number of aryl methyl sites for hydroxylation is 1. The third-order valence-corrected chi connectivity index (χ3v) is 5.08. The van der Waals surface area contributed by atoms with E-state index in [0.717, 1.165) is 30.8 Å². The summed E-state index contributed by atoms with van der Waals surface area (Å²) in [5.41, 5.74) is 5.55. The highest BCUT2D eigenvalue weighted by molar-refractivity contribution is 6.04. The first-order chi connectivity index (χ1) is 12.5. The minimum absolute atomic E-state index is 0.0167. The van der Waals surface area contributed by atoms with Gasteiger partial charge in [0.1, 0.15) is 0 Å². The first-order valence-electron chi connectivity index (χ1n) is 9.23. The molecule has 0 amide bonds. The van der Waals surface area contributed by atoms with E-state index in [9.17, 15) is 9.59 Å². The molecule has 0 unspecified atom stereocenters. The third kappa shape index (κ3) is 3.70. The van der Waals surface area contributed by atoms with E-state index in [1.807, 2.05) is 19.9 Å². The van der Waals surface area contributed by atoms with Crippen LogP contribution in [-0.4, -0.2) is 41.1 Å². The Morgan fingerprint density at radius 3 is 2.50 bits per heavy atom. The highest BCUT2D eigenvalue weighted by Gasteiger charge is 2.23. The van der Waals surface area contributed by atoms with Gasteiger partial charge in [-0.3, -0.25) is 14.5 Å². The molecule has 3 rings (SSSR count). The molecule has 0 fully saturated rings. The molecule has 0 bridgehead atoms. The average molecular weight is 350 g/mol. The van der Waals surface area contributed by atoms with Crippen molar-refractivity contribution in [3.05, 3.63) is 64.5 Å². The maximum Gasteiger partial charge on any atom is 0.193 e. The number of Topliss-reactive ketones (excluding diaryl/α,β-unsaturated/α-hetero) is 2. The zero-order chi connectivity index (χ0) is 18.7. The molecular weight excluding hydrogens is 324 g/mol. The standard InChI is InChI=1S/C22H26N2O2/c1-4-19-21(16(3)25)15(2)23-22(19)20(26)14-24-12-10-18(11-13-24)17-8-6-5-7-9-17/h5-10,23H,4,11-14H2,1-3H3. The second-order valence-electron chi connectivity index (χ2n) is 6.89. The largest absolute Gasteiger partial charge is 0.355 e. The summed E-state index contributed by atoms with van der Waals surface area (Å²) in [7, 11) is 0. The van der Waals surface area contributed by atoms with Gasteiger partial charge in [0.25, 0.3) is 0 Å². The fourth-order valence-corrected chi connectivity index (χ4v) is 3.80. The molecule has 1 aliphatic rings. The summed E-state index contributed by atoms with van der Waals surface area (Å²) in [4.78, 5) is 30.0. The first-order valence-corrected chi connectivity index (χ1v) is 9.23. The molecular formula is C22H26N2O2. The van der Waals surface area contributed by atoms with Crippen LogP contribution >= 0.6 is 0 Å². The lowest BCUT2D eigenvalue weighted by Crippen LogP contribution is -2.34. The molecule has 1 aromatic heterocycles. The molecule has 1 aromatic carbocycles. The fourth-order valence-electron chi connectivity index (χ4n) is 3.80. The van der Waals surface area contributed by atoms with Crippen LogP contribution in [0.2, 0.25) is 0 Å². The van der Waals surface area contributed by atoms with Gasteiger partial charge >= 0.3 is 0 Å². The first kappa shape index (κ1) is 18.3. The Hall–Kier alpha value is -2.46. The number of H-pyrrole nitrogens is 1. The van der Waals surface area contributed by atoms with Crippen LogP contribution in [0.1, 0.15) is 57.9 Å². The van der Waals surface area contributed by atoms with Crippen molar-refractivity contribution in [2.45, 2.75) is 33.6 Å². The number of carbonyl (C=O) groups excluding carboxylic acids is 2. The Morgan fingerprint density at radius 2 is 1.92 bits per heavy atom. The van der Waals surface area contributed by atoms with Gasteiger partial charge < -0.3 is 4.98 Å². The molecule has 0 radical (unpaired) electrons. The summed E-state index contributed by atoms with van der Waals surface area (Å²) in [5, 5.41) is 0. The maximum absolute atomic E-state index is 12.8. The molecule has 1 N–H and O–H groups in total. The predicted molar refractivity (Wildman–Crippen MR) is 105 cm³/mol. The minimum atomic E-state index is 0.0167. The Labute approximate surface area is 154 Å². The van der Waals surface area contributed by atoms with Gasteiger partial charge in [0.05, 0.1) is 12.2 Å². The van der Waals surface area contributed by atoms with E-state index in [1.165, 1.54) is 11.1 Å². The zero-order valence-electron chi connectivity index (χ0n) is 15.8. The SMILES string of the molecule is CCc1c(C(=O)CN2CC=C(c3ccccc3)CC2)[nH]c(C)c1C(C)=O. The van der Waals surface area contributed by atoms with Crippen LogP contribution in [0.3, 0.4) is 0 Å². The summed E-state index contributed by atoms with van der Waals surface area (Å²) in [6, 6.07) is 10.4. The van der Waals surface area contributed by atoms with Crippen LogP contribution in [0.4, 0.5) is 0 Å². The number of carbonyl (C=O) groups is 2. The van der Waals surface area contributed by atoms with Crippen molar-refractivity contribution in [1.29, 1.82) is 0 Å². The molecule has 0 saturated heterocycles. The van der Waals surface area contributed by atoms with Crippen molar-refractivity contribution < 1.29 is 9.59 Å². The second kappa shape index (κ2) is 7.83. The Bertz CT molecular complexity index is 847. The van der Waals surface area contributed by atoms with E-state index in [1.54, 1.807) is 6.92 Å². The van der Waals surface area contributed by atoms with Gasteiger partial charge in [-0.15, -0.1) is 0 Å². The van der Waals surface area contributed by atoms with Crippen molar-refractivity contribution >= 4 is 17.1 Å². The fraction of sp³-hybridized carbons (Fsp3) is 0.364. The molecule has 4 heteroatoms. The van der Waals surface area contributed by atoms with E-state index in [4.69, 9.17) is 0 Å². The normalized spacial score (nSPS) is 15.0. The number of nitrogens with one attached hydrogen (secondary N) is 1. The van der Waals surface area contributed by atoms with Crippen LogP contribution < -0.4 is 0 Å². The maximum atomic E-state index is 12.8. The number of hydrogen-bond donors (Lipinski definition) is 1. The molecule has 4 nitrogen and oxygen atoms in total. The Kier molecular flexibility index (Phi) is 5.52. The van der Waals surface area contributed by atoms with Crippen molar-refractivity contribution in [3.8, 4) is 0 Å². The van der Waals surface area contributed by atoms with Crippen LogP contribution in [0.25, 0.3) is 5.57 Å². The smallest absolute Gasteiger partial charge is 0.193 e. The quantitative estimate of drug-likeness (QED) is 0.799. The van der Waals surface area contributed by atoms with Gasteiger partial charge in [-0.25, -0.2) is 0 Å². The molecule has 26 heavy (non-hydrogen) atoms. The van der Waals surface area contributed by atoms with Crippen molar-refractivity contribution in [2.24, 2.45) is 0 Å². The highest BCUT2D eigenvalue weighted by Crippen LogP contribution is 2.24. The second-order valence-corrected chi connectivity index (χ2v) is 6.89. The third-order valence-electron chi connectivity index (χ3n) is 5.08. The summed E-state index contributed by atoms with van der Waals surface area (Å²) in [6.07, 6.45) is 3.84. The lowest BCUT2D eigenvalue weighted by atomic mass is 9.99. The van der Waals surface area contributed by atoms with Gasteiger partial charge in [0.2, 0.25) is 0 Å². The molecule has 136 valence electrons. The van der Waals surface area contributed by atoms with Crippen LogP contribution in [0.15, 0.2) is 36.4 Å².